The number of alkyl halides is 3. The van der Waals surface area contributed by atoms with Gasteiger partial charge in [0.05, 0.1) is 12.7 Å². The van der Waals surface area contributed by atoms with Crippen LogP contribution < -0.4 is 15.4 Å². The summed E-state index contributed by atoms with van der Waals surface area (Å²) in [6.07, 6.45) is -0.808. The topological polar surface area (TPSA) is 120 Å². The van der Waals surface area contributed by atoms with Gasteiger partial charge >= 0.3 is 18.2 Å². The number of halogens is 3. The van der Waals surface area contributed by atoms with Gasteiger partial charge in [-0.25, -0.2) is 0 Å². The Morgan fingerprint density at radius 1 is 1.37 bits per heavy atom. The van der Waals surface area contributed by atoms with Crippen molar-refractivity contribution >= 4 is 5.91 Å². The van der Waals surface area contributed by atoms with Crippen molar-refractivity contribution in [2.75, 3.05) is 6.54 Å². The second-order valence-corrected chi connectivity index (χ2v) is 6.62. The summed E-state index contributed by atoms with van der Waals surface area (Å²) < 4.78 is 48.0. The first-order valence-corrected chi connectivity index (χ1v) is 8.94. The van der Waals surface area contributed by atoms with Gasteiger partial charge in [0, 0.05) is 30.4 Å². The lowest BCUT2D eigenvalue weighted by Gasteiger charge is -2.11. The first kappa shape index (κ1) is 19.8. The largest absolute Gasteiger partial charge is 0.573 e. The van der Waals surface area contributed by atoms with Crippen LogP contribution in [0.25, 0.3) is 11.5 Å². The SMILES string of the molecule is O=C(N[C@H]1CN[C@H](Cn2ccnn2)C1)c1nnc(-c2cccc(OC(F)(F)F)c2)o1. The van der Waals surface area contributed by atoms with E-state index in [4.69, 9.17) is 4.42 Å². The quantitative estimate of drug-likeness (QED) is 0.610. The molecule has 0 radical (unpaired) electrons. The molecule has 0 unspecified atom stereocenters. The summed E-state index contributed by atoms with van der Waals surface area (Å²) in [5.41, 5.74) is 0.193. The number of ether oxygens (including phenoxy) is 1. The van der Waals surface area contributed by atoms with Crippen molar-refractivity contribution in [3.63, 3.8) is 0 Å². The number of benzene rings is 1. The number of carbonyl (C=O) groups is 1. The third-order valence-electron chi connectivity index (χ3n) is 4.37. The highest BCUT2D eigenvalue weighted by Gasteiger charge is 2.31. The molecule has 2 aromatic heterocycles. The van der Waals surface area contributed by atoms with Crippen molar-refractivity contribution in [2.45, 2.75) is 31.4 Å². The van der Waals surface area contributed by atoms with E-state index in [9.17, 15) is 18.0 Å². The maximum atomic E-state index is 12.4. The van der Waals surface area contributed by atoms with Crippen LogP contribution >= 0.6 is 0 Å². The number of amides is 1. The average Bonchev–Trinajstić information content (AvgIpc) is 3.43. The van der Waals surface area contributed by atoms with E-state index in [1.54, 1.807) is 17.1 Å². The minimum Gasteiger partial charge on any atom is -0.412 e. The van der Waals surface area contributed by atoms with Gasteiger partial charge in [0.1, 0.15) is 5.75 Å². The Balaban J connectivity index is 1.36. The second kappa shape index (κ2) is 8.10. The highest BCUT2D eigenvalue weighted by atomic mass is 19.4. The Bertz CT molecular complexity index is 1010. The predicted molar refractivity (Wildman–Crippen MR) is 94.1 cm³/mol. The third kappa shape index (κ3) is 4.92. The molecule has 1 fully saturated rings. The minimum absolute atomic E-state index is 0.0959. The monoisotopic (exact) mass is 423 g/mol. The van der Waals surface area contributed by atoms with Crippen molar-refractivity contribution in [1.29, 1.82) is 0 Å². The summed E-state index contributed by atoms with van der Waals surface area (Å²) in [6, 6.07) is 5.02. The van der Waals surface area contributed by atoms with Crippen molar-refractivity contribution in [3.05, 3.63) is 42.5 Å². The molecule has 1 aliphatic heterocycles. The van der Waals surface area contributed by atoms with E-state index >= 15 is 0 Å². The molecule has 1 amide bonds. The molecule has 2 N–H and O–H groups in total. The van der Waals surface area contributed by atoms with E-state index in [1.165, 1.54) is 12.1 Å². The first-order chi connectivity index (χ1) is 14.4. The van der Waals surface area contributed by atoms with Gasteiger partial charge in [0.2, 0.25) is 5.89 Å². The highest BCUT2D eigenvalue weighted by Crippen LogP contribution is 2.27. The number of nitrogens with zero attached hydrogens (tertiary/aromatic N) is 5. The fraction of sp³-hybridized carbons (Fsp3) is 0.353. The number of hydrogen-bond donors (Lipinski definition) is 2. The van der Waals surface area contributed by atoms with E-state index in [2.05, 4.69) is 35.9 Å². The molecule has 10 nitrogen and oxygen atoms in total. The standard InChI is InChI=1S/C17H16F3N7O3/c18-17(19,20)30-13-3-1-2-10(6-13)15-24-25-16(29-15)14(28)23-11-7-12(21-8-11)9-27-5-4-22-26-27/h1-6,11-12,21H,7-9H2,(H,23,28)/t11-,12+/m1/s1. The number of rotatable bonds is 6. The molecule has 3 heterocycles. The molecule has 0 bridgehead atoms. The number of carbonyl (C=O) groups excluding carboxylic acids is 1. The number of aromatic nitrogens is 5. The molecule has 1 aromatic carbocycles. The van der Waals surface area contributed by atoms with E-state index < -0.39 is 18.0 Å². The van der Waals surface area contributed by atoms with Crippen molar-refractivity contribution in [1.82, 2.24) is 35.8 Å². The van der Waals surface area contributed by atoms with Gasteiger partial charge in [-0.1, -0.05) is 11.3 Å². The maximum absolute atomic E-state index is 12.4. The zero-order valence-corrected chi connectivity index (χ0v) is 15.3. The molecular weight excluding hydrogens is 407 g/mol. The zero-order chi connectivity index (χ0) is 21.1. The van der Waals surface area contributed by atoms with E-state index in [0.717, 1.165) is 12.1 Å². The molecule has 0 spiro atoms. The Morgan fingerprint density at radius 2 is 2.23 bits per heavy atom. The van der Waals surface area contributed by atoms with Crippen LogP contribution in [-0.4, -0.2) is 56.1 Å². The summed E-state index contributed by atoms with van der Waals surface area (Å²) in [6.45, 7) is 1.18. The normalized spacial score (nSPS) is 19.0. The fourth-order valence-electron chi connectivity index (χ4n) is 3.13. The number of nitrogens with one attached hydrogen (secondary N) is 2. The lowest BCUT2D eigenvalue weighted by molar-refractivity contribution is -0.274. The molecule has 0 saturated carbocycles. The second-order valence-electron chi connectivity index (χ2n) is 6.62. The molecule has 1 saturated heterocycles. The molecule has 158 valence electrons. The smallest absolute Gasteiger partial charge is 0.412 e. The fourth-order valence-corrected chi connectivity index (χ4v) is 3.13. The number of hydrogen-bond acceptors (Lipinski definition) is 8. The molecule has 3 aromatic rings. The predicted octanol–water partition coefficient (Wildman–Crippen LogP) is 1.39. The average molecular weight is 423 g/mol. The van der Waals surface area contributed by atoms with Crippen molar-refractivity contribution in [3.8, 4) is 17.2 Å². The zero-order valence-electron chi connectivity index (χ0n) is 15.3. The van der Waals surface area contributed by atoms with Crippen LogP contribution in [0.5, 0.6) is 5.75 Å². The highest BCUT2D eigenvalue weighted by molar-refractivity contribution is 5.90. The van der Waals surface area contributed by atoms with E-state index in [0.29, 0.717) is 19.5 Å². The van der Waals surface area contributed by atoms with Crippen LogP contribution in [0.3, 0.4) is 0 Å². The van der Waals surface area contributed by atoms with Gasteiger partial charge < -0.3 is 19.8 Å². The van der Waals surface area contributed by atoms with Gasteiger partial charge in [0.15, 0.2) is 0 Å². The maximum Gasteiger partial charge on any atom is 0.573 e. The van der Waals surface area contributed by atoms with Crippen LogP contribution in [0.2, 0.25) is 0 Å². The van der Waals surface area contributed by atoms with Crippen LogP contribution in [0.15, 0.2) is 41.1 Å². The van der Waals surface area contributed by atoms with Gasteiger partial charge in [0.25, 0.3) is 0 Å². The van der Waals surface area contributed by atoms with Crippen molar-refractivity contribution in [2.24, 2.45) is 0 Å². The molecular formula is C17H16F3N7O3. The summed E-state index contributed by atoms with van der Waals surface area (Å²) in [5.74, 6) is -1.38. The molecule has 4 rings (SSSR count). The van der Waals surface area contributed by atoms with E-state index in [1.807, 2.05) is 0 Å². The van der Waals surface area contributed by atoms with E-state index in [-0.39, 0.29) is 29.4 Å². The Kier molecular flexibility index (Phi) is 5.35. The Labute approximate surface area is 167 Å². The van der Waals surface area contributed by atoms with Gasteiger partial charge in [-0.3, -0.25) is 9.48 Å². The molecule has 1 aliphatic rings. The van der Waals surface area contributed by atoms with Gasteiger partial charge in [-0.2, -0.15) is 0 Å². The van der Waals surface area contributed by atoms with Crippen LogP contribution in [-0.2, 0) is 6.54 Å². The van der Waals surface area contributed by atoms with Crippen LogP contribution in [0.4, 0.5) is 13.2 Å². The summed E-state index contributed by atoms with van der Waals surface area (Å²) >= 11 is 0. The minimum atomic E-state index is -4.82. The van der Waals surface area contributed by atoms with Crippen molar-refractivity contribution < 1.29 is 27.1 Å². The summed E-state index contributed by atoms with van der Waals surface area (Å²) in [7, 11) is 0. The third-order valence-corrected chi connectivity index (χ3v) is 4.37. The van der Waals surface area contributed by atoms with Crippen LogP contribution in [0, 0.1) is 0 Å². The van der Waals surface area contributed by atoms with Gasteiger partial charge in [-0.05, 0) is 24.6 Å². The Morgan fingerprint density at radius 3 is 3.00 bits per heavy atom. The van der Waals surface area contributed by atoms with Crippen LogP contribution in [0.1, 0.15) is 17.1 Å². The van der Waals surface area contributed by atoms with Gasteiger partial charge in [-0.15, -0.1) is 28.5 Å². The lowest BCUT2D eigenvalue weighted by atomic mass is 10.1. The molecule has 30 heavy (non-hydrogen) atoms. The summed E-state index contributed by atoms with van der Waals surface area (Å²) in [5, 5.41) is 21.1. The lowest BCUT2D eigenvalue weighted by Crippen LogP contribution is -2.36. The molecule has 2 atom stereocenters. The molecule has 13 heteroatoms. The Hall–Kier alpha value is -3.48. The molecule has 0 aliphatic carbocycles. The first-order valence-electron chi connectivity index (χ1n) is 8.94. The summed E-state index contributed by atoms with van der Waals surface area (Å²) in [4.78, 5) is 12.4.